The molecule has 2 aliphatic rings. The Morgan fingerprint density at radius 1 is 1.14 bits per heavy atom. The summed E-state index contributed by atoms with van der Waals surface area (Å²) in [5.74, 6) is 1.02. The summed E-state index contributed by atoms with van der Waals surface area (Å²) in [6.07, 6.45) is 6.47. The number of likely N-dealkylation sites (N-methyl/N-ethyl adjacent to an activating group) is 1. The highest BCUT2D eigenvalue weighted by Gasteiger charge is 2.43. The van der Waals surface area contributed by atoms with Crippen molar-refractivity contribution in [2.24, 2.45) is 0 Å². The largest absolute Gasteiger partial charge is 0.497 e. The van der Waals surface area contributed by atoms with E-state index in [2.05, 4.69) is 22.6 Å². The van der Waals surface area contributed by atoms with Crippen molar-refractivity contribution in [3.63, 3.8) is 0 Å². The van der Waals surface area contributed by atoms with E-state index in [-0.39, 0.29) is 23.9 Å². The van der Waals surface area contributed by atoms with Crippen molar-refractivity contribution in [3.8, 4) is 5.75 Å². The van der Waals surface area contributed by atoms with Gasteiger partial charge in [0.25, 0.3) is 0 Å². The van der Waals surface area contributed by atoms with Crippen molar-refractivity contribution in [3.05, 3.63) is 29.8 Å². The fraction of sp³-hybridized carbons (Fsp3) is 0.636. The molecule has 6 nitrogen and oxygen atoms in total. The number of benzene rings is 1. The average Bonchev–Trinajstić information content (AvgIpc) is 3.35. The van der Waals surface area contributed by atoms with Crippen LogP contribution in [0.2, 0.25) is 0 Å². The third-order valence-electron chi connectivity index (χ3n) is 6.72. The maximum Gasteiger partial charge on any atom is 0.230 e. The minimum Gasteiger partial charge on any atom is -0.497 e. The minimum absolute atomic E-state index is 0.0750. The van der Waals surface area contributed by atoms with Gasteiger partial charge in [-0.15, -0.1) is 0 Å². The van der Waals surface area contributed by atoms with Gasteiger partial charge < -0.3 is 15.4 Å². The van der Waals surface area contributed by atoms with E-state index in [0.717, 1.165) is 49.8 Å². The van der Waals surface area contributed by atoms with Gasteiger partial charge in [0.1, 0.15) is 5.75 Å². The molecular formula is C22H33N3O3. The first kappa shape index (κ1) is 20.6. The molecule has 1 aliphatic heterocycles. The van der Waals surface area contributed by atoms with E-state index in [0.29, 0.717) is 13.0 Å². The van der Waals surface area contributed by atoms with Crippen LogP contribution in [0.4, 0.5) is 0 Å². The average molecular weight is 388 g/mol. The maximum absolute atomic E-state index is 13.3. The molecule has 2 amide bonds. The Balaban J connectivity index is 1.63. The van der Waals surface area contributed by atoms with E-state index >= 15 is 0 Å². The third-order valence-corrected chi connectivity index (χ3v) is 6.72. The lowest BCUT2D eigenvalue weighted by Crippen LogP contribution is -2.48. The molecular weight excluding hydrogens is 354 g/mol. The van der Waals surface area contributed by atoms with Crippen molar-refractivity contribution < 1.29 is 14.3 Å². The van der Waals surface area contributed by atoms with Gasteiger partial charge in [0, 0.05) is 32.1 Å². The molecule has 154 valence electrons. The summed E-state index contributed by atoms with van der Waals surface area (Å²) >= 11 is 0. The number of nitrogens with zero attached hydrogens (tertiary/aromatic N) is 1. The molecule has 1 saturated heterocycles. The van der Waals surface area contributed by atoms with Crippen LogP contribution in [-0.2, 0) is 15.0 Å². The molecule has 2 N–H and O–H groups in total. The Labute approximate surface area is 168 Å². The summed E-state index contributed by atoms with van der Waals surface area (Å²) in [6.45, 7) is 0.636. The van der Waals surface area contributed by atoms with Gasteiger partial charge in [-0.25, -0.2) is 0 Å². The van der Waals surface area contributed by atoms with Crippen LogP contribution in [0.15, 0.2) is 24.3 Å². The van der Waals surface area contributed by atoms with Crippen molar-refractivity contribution in [2.45, 2.75) is 62.4 Å². The van der Waals surface area contributed by atoms with E-state index in [1.165, 1.54) is 0 Å². The Bertz CT molecular complexity index is 683. The van der Waals surface area contributed by atoms with Crippen molar-refractivity contribution in [1.82, 2.24) is 15.5 Å². The SMILES string of the molecule is CNC(=O)C[C@H]1CC[C@@H](CNC(=O)C2(c3ccc(OC)cc3)CCCC2)N1C. The summed E-state index contributed by atoms with van der Waals surface area (Å²) in [7, 11) is 5.39. The van der Waals surface area contributed by atoms with E-state index < -0.39 is 5.41 Å². The van der Waals surface area contributed by atoms with Crippen LogP contribution in [0.3, 0.4) is 0 Å². The van der Waals surface area contributed by atoms with Gasteiger partial charge in [-0.2, -0.15) is 0 Å². The standard InChI is InChI=1S/C22H33N3O3/c1-23-20(26)14-17-8-9-18(25(17)2)15-24-21(27)22(12-4-5-13-22)16-6-10-19(28-3)11-7-16/h6-7,10-11,17-18H,4-5,8-9,12-15H2,1-3H3,(H,23,26)(H,24,27)/t17-,18+/m1/s1. The number of rotatable bonds is 7. The lowest BCUT2D eigenvalue weighted by molar-refractivity contribution is -0.127. The van der Waals surface area contributed by atoms with Crippen LogP contribution in [0.25, 0.3) is 0 Å². The highest BCUT2D eigenvalue weighted by Crippen LogP contribution is 2.42. The van der Waals surface area contributed by atoms with Gasteiger partial charge in [-0.1, -0.05) is 25.0 Å². The van der Waals surface area contributed by atoms with Crippen LogP contribution < -0.4 is 15.4 Å². The molecule has 1 aromatic carbocycles. The molecule has 1 saturated carbocycles. The van der Waals surface area contributed by atoms with Crippen LogP contribution in [0, 0.1) is 0 Å². The normalized spacial score (nSPS) is 24.1. The fourth-order valence-electron chi connectivity index (χ4n) is 4.81. The second-order valence-electron chi connectivity index (χ2n) is 8.16. The summed E-state index contributed by atoms with van der Waals surface area (Å²) in [5.41, 5.74) is 0.658. The third kappa shape index (κ3) is 4.17. The predicted octanol–water partition coefficient (Wildman–Crippen LogP) is 2.22. The van der Waals surface area contributed by atoms with Crippen LogP contribution in [0.5, 0.6) is 5.75 Å². The second-order valence-corrected chi connectivity index (χ2v) is 8.16. The Morgan fingerprint density at radius 3 is 2.39 bits per heavy atom. The predicted molar refractivity (Wildman–Crippen MR) is 109 cm³/mol. The lowest BCUT2D eigenvalue weighted by Gasteiger charge is -2.31. The van der Waals surface area contributed by atoms with Crippen LogP contribution >= 0.6 is 0 Å². The van der Waals surface area contributed by atoms with Gasteiger partial charge >= 0.3 is 0 Å². The molecule has 1 aliphatic carbocycles. The summed E-state index contributed by atoms with van der Waals surface area (Å²) in [6, 6.07) is 8.49. The maximum atomic E-state index is 13.3. The van der Waals surface area contributed by atoms with Gasteiger partial charge in [-0.3, -0.25) is 14.5 Å². The second kappa shape index (κ2) is 8.95. The molecule has 0 aromatic heterocycles. The number of carbonyl (C=O) groups is 2. The van der Waals surface area contributed by atoms with E-state index in [4.69, 9.17) is 4.74 Å². The number of nitrogens with one attached hydrogen (secondary N) is 2. The monoisotopic (exact) mass is 387 g/mol. The van der Waals surface area contributed by atoms with Gasteiger partial charge in [-0.05, 0) is 50.4 Å². The first-order chi connectivity index (χ1) is 13.5. The number of ether oxygens (including phenoxy) is 1. The van der Waals surface area contributed by atoms with Crippen molar-refractivity contribution in [2.75, 3.05) is 27.7 Å². The molecule has 3 rings (SSSR count). The van der Waals surface area contributed by atoms with Crippen LogP contribution in [-0.4, -0.2) is 56.5 Å². The Morgan fingerprint density at radius 2 is 1.79 bits per heavy atom. The first-order valence-corrected chi connectivity index (χ1v) is 10.4. The molecule has 1 heterocycles. The van der Waals surface area contributed by atoms with E-state index in [1.807, 2.05) is 24.3 Å². The zero-order valence-electron chi connectivity index (χ0n) is 17.3. The molecule has 6 heteroatoms. The van der Waals surface area contributed by atoms with Crippen LogP contribution in [0.1, 0.15) is 50.5 Å². The number of likely N-dealkylation sites (tertiary alicyclic amines) is 1. The Kier molecular flexibility index (Phi) is 6.60. The number of amides is 2. The highest BCUT2D eigenvalue weighted by atomic mass is 16.5. The zero-order valence-corrected chi connectivity index (χ0v) is 17.3. The first-order valence-electron chi connectivity index (χ1n) is 10.4. The van der Waals surface area contributed by atoms with E-state index in [1.54, 1.807) is 14.2 Å². The summed E-state index contributed by atoms with van der Waals surface area (Å²) in [5, 5.41) is 5.94. The molecule has 1 aromatic rings. The topological polar surface area (TPSA) is 70.7 Å². The van der Waals surface area contributed by atoms with Crippen molar-refractivity contribution in [1.29, 1.82) is 0 Å². The molecule has 28 heavy (non-hydrogen) atoms. The number of hydrogen-bond donors (Lipinski definition) is 2. The number of hydrogen-bond acceptors (Lipinski definition) is 4. The van der Waals surface area contributed by atoms with Gasteiger partial charge in [0.2, 0.25) is 11.8 Å². The number of carbonyl (C=O) groups excluding carboxylic acids is 2. The summed E-state index contributed by atoms with van der Waals surface area (Å²) < 4.78 is 5.26. The van der Waals surface area contributed by atoms with Gasteiger partial charge in [0.15, 0.2) is 0 Å². The fourth-order valence-corrected chi connectivity index (χ4v) is 4.81. The molecule has 0 unspecified atom stereocenters. The van der Waals surface area contributed by atoms with E-state index in [9.17, 15) is 9.59 Å². The molecule has 0 spiro atoms. The minimum atomic E-state index is -0.426. The highest BCUT2D eigenvalue weighted by molar-refractivity contribution is 5.88. The zero-order chi connectivity index (χ0) is 20.1. The smallest absolute Gasteiger partial charge is 0.230 e. The summed E-state index contributed by atoms with van der Waals surface area (Å²) in [4.78, 5) is 27.2. The molecule has 0 bridgehead atoms. The lowest BCUT2D eigenvalue weighted by atomic mass is 9.78. The van der Waals surface area contributed by atoms with Gasteiger partial charge in [0.05, 0.1) is 12.5 Å². The molecule has 2 atom stereocenters. The quantitative estimate of drug-likeness (QED) is 0.753. The molecule has 0 radical (unpaired) electrons. The molecule has 2 fully saturated rings. The van der Waals surface area contributed by atoms with Crippen molar-refractivity contribution >= 4 is 11.8 Å². The number of methoxy groups -OCH3 is 1. The Hall–Kier alpha value is -2.08.